The molecule has 2 aliphatic rings. The number of aliphatic imine (C=N–C) groups is 1. The van der Waals surface area contributed by atoms with Gasteiger partial charge in [0.2, 0.25) is 0 Å². The van der Waals surface area contributed by atoms with Crippen LogP contribution in [0.15, 0.2) is 29.5 Å². The molecule has 0 bridgehead atoms. The van der Waals surface area contributed by atoms with Gasteiger partial charge in [0.05, 0.1) is 29.2 Å². The zero-order valence-corrected chi connectivity index (χ0v) is 19.4. The van der Waals surface area contributed by atoms with Gasteiger partial charge in [-0.25, -0.2) is 9.37 Å². The minimum Gasteiger partial charge on any atom is -0.388 e. The molecule has 2 aromatic rings. The largest absolute Gasteiger partial charge is 0.428 e. The second-order valence-corrected chi connectivity index (χ2v) is 9.80. The van der Waals surface area contributed by atoms with E-state index in [1.807, 2.05) is 0 Å². The number of amides is 1. The average Bonchev–Trinajstić information content (AvgIpc) is 3.39. The number of halogens is 5. The van der Waals surface area contributed by atoms with Crippen molar-refractivity contribution in [2.45, 2.75) is 50.3 Å². The Morgan fingerprint density at radius 3 is 2.56 bits per heavy atom. The highest BCUT2D eigenvalue weighted by Crippen LogP contribution is 2.54. The number of anilines is 1. The number of carbonyl (C=O) groups excluding carboxylic acids is 1. The maximum atomic E-state index is 13.4. The van der Waals surface area contributed by atoms with E-state index in [2.05, 4.69) is 15.3 Å². The second-order valence-electron chi connectivity index (χ2n) is 9.39. The summed E-state index contributed by atoms with van der Waals surface area (Å²) in [7, 11) is 1.71. The summed E-state index contributed by atoms with van der Waals surface area (Å²) < 4.78 is 53.2. The minimum atomic E-state index is -4.49. The van der Waals surface area contributed by atoms with E-state index in [1.54, 1.807) is 17.9 Å². The summed E-state index contributed by atoms with van der Waals surface area (Å²) in [4.78, 5) is 21.0. The Morgan fingerprint density at radius 2 is 1.97 bits per heavy atom. The number of fused-ring (bicyclic) bond motifs is 1. The van der Waals surface area contributed by atoms with Gasteiger partial charge >= 0.3 is 6.18 Å². The third kappa shape index (κ3) is 4.98. The average molecular weight is 501 g/mol. The molecular formula is C23H25ClF4N4O2. The van der Waals surface area contributed by atoms with Crippen LogP contribution < -0.4 is 5.32 Å². The van der Waals surface area contributed by atoms with Crippen molar-refractivity contribution >= 4 is 28.9 Å². The number of aromatic nitrogens is 2. The summed E-state index contributed by atoms with van der Waals surface area (Å²) >= 11 is 5.80. The topological polar surface area (TPSA) is 79.5 Å². The monoisotopic (exact) mass is 500 g/mol. The first-order valence-corrected chi connectivity index (χ1v) is 11.3. The third-order valence-corrected chi connectivity index (χ3v) is 7.18. The molecule has 2 fully saturated rings. The van der Waals surface area contributed by atoms with Crippen LogP contribution in [0.5, 0.6) is 0 Å². The van der Waals surface area contributed by atoms with Gasteiger partial charge in [-0.3, -0.25) is 9.79 Å². The molecule has 4 rings (SSSR count). The molecule has 6 nitrogen and oxygen atoms in total. The number of hydrogen-bond donors (Lipinski definition) is 2. The van der Waals surface area contributed by atoms with Crippen molar-refractivity contribution in [1.29, 1.82) is 0 Å². The van der Waals surface area contributed by atoms with Gasteiger partial charge in [-0.15, -0.1) is 0 Å². The molecule has 0 spiro atoms. The van der Waals surface area contributed by atoms with E-state index in [9.17, 15) is 27.5 Å². The van der Waals surface area contributed by atoms with Crippen molar-refractivity contribution in [3.05, 3.63) is 46.8 Å². The Bertz CT molecular complexity index is 1120. The number of nitrogens with one attached hydrogen (secondary N) is 1. The van der Waals surface area contributed by atoms with Gasteiger partial charge in [-0.2, -0.15) is 13.2 Å². The Morgan fingerprint density at radius 1 is 1.32 bits per heavy atom. The lowest BCUT2D eigenvalue weighted by molar-refractivity contribution is -0.0598. The number of alkyl halides is 3. The Hall–Kier alpha value is -2.46. The molecule has 34 heavy (non-hydrogen) atoms. The van der Waals surface area contributed by atoms with Crippen LogP contribution in [0.3, 0.4) is 0 Å². The summed E-state index contributed by atoms with van der Waals surface area (Å²) in [5.41, 5.74) is -0.823. The first-order chi connectivity index (χ1) is 15.9. The summed E-state index contributed by atoms with van der Waals surface area (Å²) in [5.74, 6) is -0.769. The SMILES string of the molecule is CC(=NCC1(O)CC2CC(c3ncn(C)c3C(=O)Nc3ccc(F)c(Cl)c3)CC2C1)C(F)(F)F. The number of hydrogen-bond acceptors (Lipinski definition) is 4. The number of carbonyl (C=O) groups is 1. The fourth-order valence-electron chi connectivity index (χ4n) is 5.27. The van der Waals surface area contributed by atoms with Crippen LogP contribution in [0.1, 0.15) is 54.7 Å². The maximum absolute atomic E-state index is 13.4. The van der Waals surface area contributed by atoms with Gasteiger partial charge in [0, 0.05) is 18.7 Å². The molecule has 2 saturated carbocycles. The second kappa shape index (κ2) is 8.96. The van der Waals surface area contributed by atoms with Gasteiger partial charge in [-0.05, 0) is 62.6 Å². The van der Waals surface area contributed by atoms with E-state index in [0.717, 1.165) is 6.92 Å². The number of nitrogens with zero attached hydrogens (tertiary/aromatic N) is 3. The predicted octanol–water partition coefficient (Wildman–Crippen LogP) is 5.12. The molecule has 2 atom stereocenters. The van der Waals surface area contributed by atoms with Crippen molar-refractivity contribution in [3.8, 4) is 0 Å². The fourth-order valence-corrected chi connectivity index (χ4v) is 5.45. The first-order valence-electron chi connectivity index (χ1n) is 10.9. The lowest BCUT2D eigenvalue weighted by atomic mass is 9.92. The lowest BCUT2D eigenvalue weighted by Crippen LogP contribution is -2.31. The molecule has 2 aliphatic carbocycles. The smallest absolute Gasteiger partial charge is 0.388 e. The number of rotatable bonds is 5. The highest BCUT2D eigenvalue weighted by Gasteiger charge is 2.50. The molecule has 2 N–H and O–H groups in total. The summed E-state index contributed by atoms with van der Waals surface area (Å²) in [5, 5.41) is 13.4. The van der Waals surface area contributed by atoms with Crippen LogP contribution in [0.25, 0.3) is 0 Å². The van der Waals surface area contributed by atoms with E-state index in [-0.39, 0.29) is 29.3 Å². The van der Waals surface area contributed by atoms with E-state index in [0.29, 0.717) is 42.8 Å². The quantitative estimate of drug-likeness (QED) is 0.441. The van der Waals surface area contributed by atoms with Crippen molar-refractivity contribution in [2.75, 3.05) is 11.9 Å². The van der Waals surface area contributed by atoms with Crippen LogP contribution in [-0.4, -0.2) is 44.6 Å². The van der Waals surface area contributed by atoms with Crippen LogP contribution in [0.4, 0.5) is 23.2 Å². The number of imidazole rings is 1. The van der Waals surface area contributed by atoms with Crippen molar-refractivity contribution in [1.82, 2.24) is 9.55 Å². The number of benzene rings is 1. The Labute approximate surface area is 199 Å². The zero-order valence-electron chi connectivity index (χ0n) is 18.7. The maximum Gasteiger partial charge on any atom is 0.428 e. The minimum absolute atomic E-state index is 0.0151. The normalized spacial score (nSPS) is 27.2. The molecule has 184 valence electrons. The molecule has 1 heterocycles. The molecule has 0 saturated heterocycles. The third-order valence-electron chi connectivity index (χ3n) is 6.89. The number of aryl methyl sites for hydroxylation is 1. The van der Waals surface area contributed by atoms with Crippen molar-refractivity contribution in [3.63, 3.8) is 0 Å². The number of aliphatic hydroxyl groups is 1. The molecule has 1 amide bonds. The van der Waals surface area contributed by atoms with Gasteiger partial charge in [0.15, 0.2) is 0 Å². The Balaban J connectivity index is 1.44. The standard InChI is InChI=1S/C23H25ClF4N4O2/c1-12(23(26,27)28)29-10-22(34)8-14-5-13(6-15(14)9-22)19-20(32(2)11-30-19)21(33)31-16-3-4-18(25)17(24)7-16/h3-4,7,11,13-15,34H,5-6,8-10H2,1-2H3,(H,31,33). The molecule has 11 heteroatoms. The fraction of sp³-hybridized carbons (Fsp3) is 0.522. The van der Waals surface area contributed by atoms with Crippen LogP contribution >= 0.6 is 11.6 Å². The molecule has 1 aromatic carbocycles. The van der Waals surface area contributed by atoms with Crippen molar-refractivity contribution < 1.29 is 27.5 Å². The summed E-state index contributed by atoms with van der Waals surface area (Å²) in [6.07, 6.45) is -0.855. The molecule has 2 unspecified atom stereocenters. The van der Waals surface area contributed by atoms with Gasteiger partial charge in [-0.1, -0.05) is 11.6 Å². The molecule has 0 radical (unpaired) electrons. The van der Waals surface area contributed by atoms with Gasteiger partial charge < -0.3 is 15.0 Å². The highest BCUT2D eigenvalue weighted by atomic mass is 35.5. The molecular weight excluding hydrogens is 476 g/mol. The van der Waals surface area contributed by atoms with Gasteiger partial charge in [0.25, 0.3) is 5.91 Å². The van der Waals surface area contributed by atoms with Crippen LogP contribution in [-0.2, 0) is 7.05 Å². The van der Waals surface area contributed by atoms with Crippen molar-refractivity contribution in [2.24, 2.45) is 23.9 Å². The lowest BCUT2D eigenvalue weighted by Gasteiger charge is -2.23. The van der Waals surface area contributed by atoms with E-state index in [4.69, 9.17) is 11.6 Å². The Kier molecular flexibility index (Phi) is 6.50. The molecule has 1 aromatic heterocycles. The van der Waals surface area contributed by atoms with E-state index in [1.165, 1.54) is 18.2 Å². The van der Waals surface area contributed by atoms with Crippen LogP contribution in [0, 0.1) is 17.7 Å². The highest BCUT2D eigenvalue weighted by molar-refractivity contribution is 6.31. The van der Waals surface area contributed by atoms with E-state index >= 15 is 0 Å². The summed E-state index contributed by atoms with van der Waals surface area (Å²) in [6, 6.07) is 3.91. The van der Waals surface area contributed by atoms with E-state index < -0.39 is 29.2 Å². The molecule has 0 aliphatic heterocycles. The van der Waals surface area contributed by atoms with Gasteiger partial charge in [0.1, 0.15) is 17.2 Å². The summed E-state index contributed by atoms with van der Waals surface area (Å²) in [6.45, 7) is 0.635. The predicted molar refractivity (Wildman–Crippen MR) is 120 cm³/mol. The zero-order chi connectivity index (χ0) is 24.8. The van der Waals surface area contributed by atoms with Crippen LogP contribution in [0.2, 0.25) is 5.02 Å². The first kappa shape index (κ1) is 24.7.